The maximum atomic E-state index is 13.2. The minimum atomic E-state index is -0.949. The van der Waals surface area contributed by atoms with Gasteiger partial charge in [0.2, 0.25) is 0 Å². The summed E-state index contributed by atoms with van der Waals surface area (Å²) < 4.78 is 34.7. The second-order valence-electron chi connectivity index (χ2n) is 14.7. The molecule has 11 heteroatoms. The van der Waals surface area contributed by atoms with Gasteiger partial charge in [0, 0.05) is 37.9 Å². The summed E-state index contributed by atoms with van der Waals surface area (Å²) in [5.74, 6) is -0.795. The van der Waals surface area contributed by atoms with Gasteiger partial charge in [0.15, 0.2) is 18.5 Å². The SMILES string of the molecule is COC1C(OC(C)=O)C(C)OC(OC2CCC3(C=O)C(CCC4C3CCC3(C)C(c5ccc(=O)oc5)CCC43O)C2)C1OC(C)=O. The Morgan fingerprint density at radius 2 is 1.70 bits per heavy atom. The molecule has 0 radical (unpaired) electrons. The first-order chi connectivity index (χ1) is 21.9. The normalized spacial score (nSPS) is 45.1. The lowest BCUT2D eigenvalue weighted by Crippen LogP contribution is -2.63. The topological polar surface area (TPSA) is 148 Å². The molecule has 5 fully saturated rings. The molecule has 254 valence electrons. The maximum Gasteiger partial charge on any atom is 0.335 e. The van der Waals surface area contributed by atoms with Gasteiger partial charge in [-0.1, -0.05) is 6.92 Å². The molecule has 1 aromatic rings. The molecule has 11 nitrogen and oxygen atoms in total. The van der Waals surface area contributed by atoms with E-state index in [2.05, 4.69) is 6.92 Å². The van der Waals surface area contributed by atoms with E-state index >= 15 is 0 Å². The number of rotatable bonds is 7. The van der Waals surface area contributed by atoms with Crippen molar-refractivity contribution in [2.45, 2.75) is 134 Å². The van der Waals surface area contributed by atoms with Crippen molar-refractivity contribution in [2.75, 3.05) is 7.11 Å². The quantitative estimate of drug-likeness (QED) is 0.260. The predicted molar refractivity (Wildman–Crippen MR) is 162 cm³/mol. The lowest BCUT2D eigenvalue weighted by atomic mass is 9.43. The van der Waals surface area contributed by atoms with Crippen molar-refractivity contribution >= 4 is 18.2 Å². The van der Waals surface area contributed by atoms with Gasteiger partial charge in [-0.3, -0.25) is 9.59 Å². The van der Waals surface area contributed by atoms with Crippen molar-refractivity contribution in [1.82, 2.24) is 0 Å². The third-order valence-corrected chi connectivity index (χ3v) is 12.6. The highest BCUT2D eigenvalue weighted by atomic mass is 16.7. The number of hydrogen-bond donors (Lipinski definition) is 1. The van der Waals surface area contributed by atoms with Crippen LogP contribution < -0.4 is 5.63 Å². The molecule has 1 aliphatic heterocycles. The zero-order valence-corrected chi connectivity index (χ0v) is 27.5. The third kappa shape index (κ3) is 5.35. The van der Waals surface area contributed by atoms with Crippen LogP contribution in [0.15, 0.2) is 27.6 Å². The molecular weight excluding hydrogens is 596 g/mol. The van der Waals surface area contributed by atoms with Crippen LogP contribution in [0.4, 0.5) is 0 Å². The third-order valence-electron chi connectivity index (χ3n) is 12.6. The highest BCUT2D eigenvalue weighted by Gasteiger charge is 2.68. The Morgan fingerprint density at radius 3 is 2.35 bits per heavy atom. The summed E-state index contributed by atoms with van der Waals surface area (Å²) in [6.45, 7) is 6.55. The zero-order valence-electron chi connectivity index (χ0n) is 27.5. The summed E-state index contributed by atoms with van der Waals surface area (Å²) in [4.78, 5) is 48.7. The summed E-state index contributed by atoms with van der Waals surface area (Å²) in [6.07, 6.45) is 5.09. The van der Waals surface area contributed by atoms with Gasteiger partial charge >= 0.3 is 17.6 Å². The molecule has 1 N–H and O–H groups in total. The fraction of sp³-hybridized carbons (Fsp3) is 0.771. The second-order valence-corrected chi connectivity index (χ2v) is 14.7. The molecule has 2 heterocycles. The van der Waals surface area contributed by atoms with Gasteiger partial charge in [-0.25, -0.2) is 4.79 Å². The molecule has 0 aromatic carbocycles. The minimum Gasteiger partial charge on any atom is -0.457 e. The number of hydrogen-bond acceptors (Lipinski definition) is 11. The number of aldehydes is 1. The molecule has 1 aromatic heterocycles. The monoisotopic (exact) mass is 644 g/mol. The first-order valence-electron chi connectivity index (χ1n) is 16.8. The van der Waals surface area contributed by atoms with Gasteiger partial charge in [0.05, 0.1) is 24.1 Å². The van der Waals surface area contributed by atoms with Gasteiger partial charge < -0.3 is 38.0 Å². The van der Waals surface area contributed by atoms with Crippen LogP contribution >= 0.6 is 0 Å². The molecule has 13 unspecified atom stereocenters. The van der Waals surface area contributed by atoms with Gasteiger partial charge in [0.25, 0.3) is 0 Å². The van der Waals surface area contributed by atoms with Crippen molar-refractivity contribution in [3.05, 3.63) is 34.4 Å². The zero-order chi connectivity index (χ0) is 33.0. The van der Waals surface area contributed by atoms with Crippen LogP contribution in [0.1, 0.15) is 97.0 Å². The Labute approximate surface area is 269 Å². The Kier molecular flexibility index (Phi) is 9.01. The molecule has 13 atom stereocenters. The Bertz CT molecular complexity index is 1360. The molecule has 4 aliphatic carbocycles. The van der Waals surface area contributed by atoms with E-state index in [9.17, 15) is 24.3 Å². The van der Waals surface area contributed by atoms with Gasteiger partial charge in [-0.05, 0) is 100 Å². The summed E-state index contributed by atoms with van der Waals surface area (Å²) in [5.41, 5.74) is -1.28. The lowest BCUT2D eigenvalue weighted by molar-refractivity contribution is -0.316. The average Bonchev–Trinajstić information content (AvgIpc) is 3.30. The molecule has 4 saturated carbocycles. The Morgan fingerprint density at radius 1 is 0.957 bits per heavy atom. The molecule has 0 spiro atoms. The first-order valence-corrected chi connectivity index (χ1v) is 16.8. The van der Waals surface area contributed by atoms with E-state index in [-0.39, 0.29) is 40.8 Å². The molecule has 5 aliphatic rings. The number of carbonyl (C=O) groups is 3. The van der Waals surface area contributed by atoms with Crippen LogP contribution in [-0.2, 0) is 38.1 Å². The number of ether oxygens (including phenoxy) is 5. The standard InChI is InChI=1S/C35H48O11/c1-19-29(44-20(2)37)30(41-5)31(45-21(3)38)32(43-19)46-24-10-14-34(18-36)23(16-24)7-8-27-26(34)11-13-33(4)25(12-15-35(27,33)40)22-6-9-28(39)42-17-22/h6,9,17-19,23-27,29-32,40H,7-8,10-16H2,1-5H3. The van der Waals surface area contributed by atoms with E-state index in [0.29, 0.717) is 25.7 Å². The molecule has 1 saturated heterocycles. The number of aliphatic hydroxyl groups is 1. The van der Waals surface area contributed by atoms with Crippen LogP contribution in [0.2, 0.25) is 0 Å². The Hall–Kier alpha value is -2.60. The van der Waals surface area contributed by atoms with Crippen molar-refractivity contribution in [3.63, 3.8) is 0 Å². The van der Waals surface area contributed by atoms with Gasteiger partial charge in [0.1, 0.15) is 12.4 Å². The van der Waals surface area contributed by atoms with E-state index in [4.69, 9.17) is 28.1 Å². The van der Waals surface area contributed by atoms with Gasteiger partial charge in [-0.2, -0.15) is 0 Å². The highest BCUT2D eigenvalue weighted by Crippen LogP contribution is 2.70. The lowest BCUT2D eigenvalue weighted by Gasteiger charge is -2.63. The number of fused-ring (bicyclic) bond motifs is 5. The van der Waals surface area contributed by atoms with E-state index in [1.807, 2.05) is 6.07 Å². The summed E-state index contributed by atoms with van der Waals surface area (Å²) in [6, 6.07) is 3.29. The largest absolute Gasteiger partial charge is 0.457 e. The van der Waals surface area contributed by atoms with Crippen LogP contribution in [-0.4, -0.2) is 72.9 Å². The van der Waals surface area contributed by atoms with Crippen LogP contribution in [0.3, 0.4) is 0 Å². The van der Waals surface area contributed by atoms with Crippen LogP contribution in [0, 0.1) is 28.6 Å². The molecule has 0 amide bonds. The predicted octanol–water partition coefficient (Wildman–Crippen LogP) is 4.07. The van der Waals surface area contributed by atoms with Crippen molar-refractivity contribution in [1.29, 1.82) is 0 Å². The second kappa shape index (κ2) is 12.5. The maximum absolute atomic E-state index is 13.2. The molecule has 6 rings (SSSR count). The van der Waals surface area contributed by atoms with E-state index in [0.717, 1.165) is 37.7 Å². The van der Waals surface area contributed by atoms with E-state index in [1.54, 1.807) is 13.2 Å². The summed E-state index contributed by atoms with van der Waals surface area (Å²) in [7, 11) is 1.47. The van der Waals surface area contributed by atoms with E-state index < -0.39 is 53.7 Å². The minimum absolute atomic E-state index is 0.00225. The van der Waals surface area contributed by atoms with Crippen molar-refractivity contribution < 1.29 is 47.6 Å². The molecule has 0 bridgehead atoms. The van der Waals surface area contributed by atoms with Crippen molar-refractivity contribution in [2.24, 2.45) is 28.6 Å². The fourth-order valence-corrected chi connectivity index (χ4v) is 10.5. The van der Waals surface area contributed by atoms with Crippen LogP contribution in [0.25, 0.3) is 0 Å². The number of methoxy groups -OCH3 is 1. The smallest absolute Gasteiger partial charge is 0.335 e. The molecular formula is C35H48O11. The number of carbonyl (C=O) groups excluding carboxylic acids is 3. The van der Waals surface area contributed by atoms with Gasteiger partial charge in [-0.15, -0.1) is 0 Å². The number of esters is 2. The molecule has 46 heavy (non-hydrogen) atoms. The van der Waals surface area contributed by atoms with E-state index in [1.165, 1.54) is 33.3 Å². The van der Waals surface area contributed by atoms with Crippen molar-refractivity contribution in [3.8, 4) is 0 Å². The summed E-state index contributed by atoms with van der Waals surface area (Å²) in [5, 5.41) is 12.5. The first kappa shape index (κ1) is 33.3. The fourth-order valence-electron chi connectivity index (χ4n) is 10.5. The van der Waals surface area contributed by atoms with Crippen LogP contribution in [0.5, 0.6) is 0 Å². The average molecular weight is 645 g/mol. The Balaban J connectivity index is 1.19. The summed E-state index contributed by atoms with van der Waals surface area (Å²) >= 11 is 0. The highest BCUT2D eigenvalue weighted by molar-refractivity contribution is 5.67.